The Morgan fingerprint density at radius 1 is 0.812 bits per heavy atom. The van der Waals surface area contributed by atoms with Crippen LogP contribution in [0.25, 0.3) is 0 Å². The fourth-order valence-electron chi connectivity index (χ4n) is 2.01. The molecule has 0 spiro atoms. The van der Waals surface area contributed by atoms with Crippen molar-refractivity contribution in [3.05, 3.63) is 71.8 Å². The van der Waals surface area contributed by atoms with E-state index in [9.17, 15) is 0 Å². The minimum Gasteiger partial charge on any atom is -0.176 e. The van der Waals surface area contributed by atoms with Gasteiger partial charge in [-0.05, 0) is 17.2 Å². The zero-order chi connectivity index (χ0) is 11.2. The number of hydrogen-bond acceptors (Lipinski definition) is 0. The standard InChI is InChI=1S/C14H15ClSi/c15-16-11-14(12-7-3-1-4-8-12)13-9-5-2-6-10-13/h1-10,14H,11,16H2. The van der Waals surface area contributed by atoms with Gasteiger partial charge in [-0.1, -0.05) is 60.7 Å². The molecule has 2 rings (SSSR count). The molecule has 0 aliphatic heterocycles. The first-order valence-electron chi connectivity index (χ1n) is 5.57. The number of hydrogen-bond donors (Lipinski definition) is 0. The summed E-state index contributed by atoms with van der Waals surface area (Å²) in [4.78, 5) is 0. The second-order valence-corrected chi connectivity index (χ2v) is 5.94. The molecule has 2 heteroatoms. The lowest BCUT2D eigenvalue weighted by Crippen LogP contribution is -2.01. The van der Waals surface area contributed by atoms with Crippen LogP contribution in [0.15, 0.2) is 60.7 Å². The fourth-order valence-corrected chi connectivity index (χ4v) is 3.55. The summed E-state index contributed by atoms with van der Waals surface area (Å²) in [5.74, 6) is 0.478. The second kappa shape index (κ2) is 5.88. The Hall–Kier alpha value is -1.05. The molecule has 0 fully saturated rings. The van der Waals surface area contributed by atoms with Crippen molar-refractivity contribution in [1.82, 2.24) is 0 Å². The predicted octanol–water partition coefficient (Wildman–Crippen LogP) is 3.56. The highest BCUT2D eigenvalue weighted by Gasteiger charge is 2.12. The van der Waals surface area contributed by atoms with Crippen molar-refractivity contribution in [2.45, 2.75) is 12.0 Å². The van der Waals surface area contributed by atoms with E-state index in [-0.39, 0.29) is 0 Å². The highest BCUT2D eigenvalue weighted by molar-refractivity contribution is 6.93. The van der Waals surface area contributed by atoms with Gasteiger partial charge in [0.25, 0.3) is 0 Å². The molecular formula is C14H15ClSi. The first-order chi connectivity index (χ1) is 7.92. The van der Waals surface area contributed by atoms with Gasteiger partial charge in [0.05, 0.1) is 0 Å². The zero-order valence-electron chi connectivity index (χ0n) is 9.14. The van der Waals surface area contributed by atoms with E-state index in [1.54, 1.807) is 0 Å². The number of benzene rings is 2. The van der Waals surface area contributed by atoms with E-state index in [4.69, 9.17) is 11.1 Å². The Balaban J connectivity index is 2.31. The molecule has 0 heterocycles. The van der Waals surface area contributed by atoms with Gasteiger partial charge in [0.2, 0.25) is 0 Å². The Kier molecular flexibility index (Phi) is 4.20. The van der Waals surface area contributed by atoms with Crippen LogP contribution in [0.4, 0.5) is 0 Å². The van der Waals surface area contributed by atoms with E-state index in [0.717, 1.165) is 6.04 Å². The Bertz CT molecular complexity index is 374. The van der Waals surface area contributed by atoms with Crippen molar-refractivity contribution in [2.24, 2.45) is 0 Å². The molecule has 0 aliphatic rings. The minimum atomic E-state index is -0.449. The SMILES string of the molecule is Cl[SiH2]CC(c1ccccc1)c1ccccc1. The summed E-state index contributed by atoms with van der Waals surface area (Å²) in [6.45, 7) is 0. The van der Waals surface area contributed by atoms with Gasteiger partial charge < -0.3 is 0 Å². The van der Waals surface area contributed by atoms with Crippen molar-refractivity contribution in [3.8, 4) is 0 Å². The van der Waals surface area contributed by atoms with Crippen molar-refractivity contribution in [1.29, 1.82) is 0 Å². The minimum absolute atomic E-state index is 0.449. The van der Waals surface area contributed by atoms with Gasteiger partial charge >= 0.3 is 0 Å². The average molecular weight is 247 g/mol. The molecule has 0 saturated heterocycles. The lowest BCUT2D eigenvalue weighted by Gasteiger charge is -2.16. The van der Waals surface area contributed by atoms with Crippen molar-refractivity contribution >= 4 is 19.9 Å². The van der Waals surface area contributed by atoms with Crippen molar-refractivity contribution < 1.29 is 0 Å². The predicted molar refractivity (Wildman–Crippen MR) is 73.9 cm³/mol. The molecule has 0 atom stereocenters. The van der Waals surface area contributed by atoms with Crippen LogP contribution in [-0.4, -0.2) is 8.83 Å². The van der Waals surface area contributed by atoms with E-state index in [2.05, 4.69) is 60.7 Å². The van der Waals surface area contributed by atoms with Crippen molar-refractivity contribution in [3.63, 3.8) is 0 Å². The number of rotatable bonds is 4. The van der Waals surface area contributed by atoms with E-state index in [1.165, 1.54) is 11.1 Å². The van der Waals surface area contributed by atoms with Crippen LogP contribution in [-0.2, 0) is 0 Å². The van der Waals surface area contributed by atoms with Gasteiger partial charge in [-0.3, -0.25) is 0 Å². The summed E-state index contributed by atoms with van der Waals surface area (Å²) in [5, 5.41) is 0. The molecule has 82 valence electrons. The lowest BCUT2D eigenvalue weighted by atomic mass is 9.93. The third kappa shape index (κ3) is 2.74. The van der Waals surface area contributed by atoms with Crippen LogP contribution in [0.2, 0.25) is 6.04 Å². The van der Waals surface area contributed by atoms with Crippen LogP contribution in [0.3, 0.4) is 0 Å². The molecule has 0 amide bonds. The number of halogens is 1. The molecule has 0 radical (unpaired) electrons. The van der Waals surface area contributed by atoms with Gasteiger partial charge in [0, 0.05) is 5.92 Å². The first kappa shape index (κ1) is 11.4. The van der Waals surface area contributed by atoms with Gasteiger partial charge in [-0.15, -0.1) is 0 Å². The zero-order valence-corrected chi connectivity index (χ0v) is 11.3. The molecule has 2 aromatic rings. The van der Waals surface area contributed by atoms with Gasteiger partial charge in [-0.2, -0.15) is 11.1 Å². The van der Waals surface area contributed by atoms with Crippen LogP contribution in [0.1, 0.15) is 17.0 Å². The third-order valence-corrected chi connectivity index (χ3v) is 4.25. The summed E-state index contributed by atoms with van der Waals surface area (Å²) in [7, 11) is -0.449. The van der Waals surface area contributed by atoms with Crippen LogP contribution in [0, 0.1) is 0 Å². The van der Waals surface area contributed by atoms with E-state index >= 15 is 0 Å². The van der Waals surface area contributed by atoms with Gasteiger partial charge in [-0.25, -0.2) is 0 Å². The summed E-state index contributed by atoms with van der Waals surface area (Å²) in [5.41, 5.74) is 2.75. The summed E-state index contributed by atoms with van der Waals surface area (Å²) in [6, 6.07) is 22.4. The van der Waals surface area contributed by atoms with E-state index in [1.807, 2.05) is 0 Å². The Morgan fingerprint density at radius 2 is 1.25 bits per heavy atom. The summed E-state index contributed by atoms with van der Waals surface area (Å²) in [6.07, 6.45) is 0. The molecular weight excluding hydrogens is 232 g/mol. The van der Waals surface area contributed by atoms with Crippen molar-refractivity contribution in [2.75, 3.05) is 0 Å². The molecule has 0 nitrogen and oxygen atoms in total. The fraction of sp³-hybridized carbons (Fsp3) is 0.143. The molecule has 0 aromatic heterocycles. The van der Waals surface area contributed by atoms with Gasteiger partial charge in [0.15, 0.2) is 0 Å². The largest absolute Gasteiger partial charge is 0.176 e. The van der Waals surface area contributed by atoms with Crippen LogP contribution in [0.5, 0.6) is 0 Å². The quantitative estimate of drug-likeness (QED) is 0.572. The highest BCUT2D eigenvalue weighted by atomic mass is 35.6. The average Bonchev–Trinajstić information content (AvgIpc) is 2.38. The molecule has 0 saturated carbocycles. The molecule has 0 bridgehead atoms. The normalized spacial score (nSPS) is 11.4. The van der Waals surface area contributed by atoms with E-state index in [0.29, 0.717) is 5.92 Å². The second-order valence-electron chi connectivity index (χ2n) is 3.85. The van der Waals surface area contributed by atoms with E-state index < -0.39 is 8.83 Å². The Morgan fingerprint density at radius 3 is 1.62 bits per heavy atom. The van der Waals surface area contributed by atoms with Crippen LogP contribution >= 0.6 is 11.1 Å². The Labute approximate surface area is 104 Å². The molecule has 2 aromatic carbocycles. The van der Waals surface area contributed by atoms with Crippen LogP contribution < -0.4 is 0 Å². The summed E-state index contributed by atoms with van der Waals surface area (Å²) < 4.78 is 0. The third-order valence-electron chi connectivity index (χ3n) is 2.80. The molecule has 0 unspecified atom stereocenters. The topological polar surface area (TPSA) is 0 Å². The first-order valence-corrected chi connectivity index (χ1v) is 8.71. The molecule has 0 N–H and O–H groups in total. The maximum atomic E-state index is 6.03. The maximum Gasteiger partial charge on any atom is 0.126 e. The highest BCUT2D eigenvalue weighted by Crippen LogP contribution is 2.28. The molecule has 16 heavy (non-hydrogen) atoms. The maximum absolute atomic E-state index is 6.03. The molecule has 0 aliphatic carbocycles. The summed E-state index contributed by atoms with van der Waals surface area (Å²) >= 11 is 6.03. The lowest BCUT2D eigenvalue weighted by molar-refractivity contribution is 0.918. The monoisotopic (exact) mass is 246 g/mol. The van der Waals surface area contributed by atoms with Gasteiger partial charge in [0.1, 0.15) is 8.83 Å². The smallest absolute Gasteiger partial charge is 0.126 e.